The van der Waals surface area contributed by atoms with Gasteiger partial charge in [0.05, 0.1) is 45.5 Å². The van der Waals surface area contributed by atoms with E-state index in [0.717, 1.165) is 37.8 Å². The SMILES string of the molecule is COc1ccccc1N1CC[NH+]([C@@H](c2nnnn2Cc2ccccc2)C(C)C)CC1. The normalized spacial score (nSPS) is 16.1. The fourth-order valence-corrected chi connectivity index (χ4v) is 4.49. The van der Waals surface area contributed by atoms with Crippen molar-refractivity contribution >= 4 is 5.69 Å². The molecular formula is C23H31N6O+. The minimum atomic E-state index is 0.267. The molecule has 0 radical (unpaired) electrons. The van der Waals surface area contributed by atoms with Crippen LogP contribution in [-0.2, 0) is 6.54 Å². The Morgan fingerprint density at radius 1 is 1.00 bits per heavy atom. The highest BCUT2D eigenvalue weighted by molar-refractivity contribution is 5.58. The van der Waals surface area contributed by atoms with Crippen LogP contribution in [0, 0.1) is 5.92 Å². The topological polar surface area (TPSA) is 60.5 Å². The standard InChI is InChI=1S/C23H30N6O/c1-18(2)22(23-24-25-26-29(23)17-19-9-5-4-6-10-19)28-15-13-27(14-16-28)20-11-7-8-12-21(20)30-3/h4-12,18,22H,13-17H2,1-3H3/p+1/t22-/m1/s1. The molecule has 7 heteroatoms. The highest BCUT2D eigenvalue weighted by atomic mass is 16.5. The number of quaternary nitrogens is 1. The second kappa shape index (κ2) is 9.26. The van der Waals surface area contributed by atoms with Crippen molar-refractivity contribution in [1.82, 2.24) is 20.2 Å². The Kier molecular flexibility index (Phi) is 6.28. The van der Waals surface area contributed by atoms with Crippen LogP contribution in [0.15, 0.2) is 54.6 Å². The van der Waals surface area contributed by atoms with E-state index in [1.807, 2.05) is 22.9 Å². The van der Waals surface area contributed by atoms with Crippen molar-refractivity contribution in [2.45, 2.75) is 26.4 Å². The smallest absolute Gasteiger partial charge is 0.209 e. The second-order valence-corrected chi connectivity index (χ2v) is 8.22. The van der Waals surface area contributed by atoms with Crippen LogP contribution < -0.4 is 14.5 Å². The van der Waals surface area contributed by atoms with Crippen LogP contribution in [0.4, 0.5) is 5.69 Å². The number of rotatable bonds is 7. The number of hydrogen-bond donors (Lipinski definition) is 1. The van der Waals surface area contributed by atoms with Gasteiger partial charge >= 0.3 is 0 Å². The highest BCUT2D eigenvalue weighted by Gasteiger charge is 2.35. The molecule has 1 atom stereocenters. The number of piperazine rings is 1. The molecule has 1 aliphatic rings. The lowest BCUT2D eigenvalue weighted by atomic mass is 10.0. The van der Waals surface area contributed by atoms with Gasteiger partial charge in [-0.05, 0) is 28.1 Å². The van der Waals surface area contributed by atoms with Gasteiger partial charge in [0.1, 0.15) is 5.75 Å². The number of ether oxygens (including phenoxy) is 1. The number of methoxy groups -OCH3 is 1. The maximum Gasteiger partial charge on any atom is 0.209 e. The first-order valence-corrected chi connectivity index (χ1v) is 10.7. The number of hydrogen-bond acceptors (Lipinski definition) is 5. The first kappa shape index (κ1) is 20.3. The molecule has 1 aliphatic heterocycles. The zero-order chi connectivity index (χ0) is 20.9. The van der Waals surface area contributed by atoms with E-state index in [4.69, 9.17) is 4.74 Å². The number of nitrogens with zero attached hydrogens (tertiary/aromatic N) is 5. The van der Waals surface area contributed by atoms with Crippen molar-refractivity contribution in [3.63, 3.8) is 0 Å². The predicted octanol–water partition coefficient (Wildman–Crippen LogP) is 1.83. The summed E-state index contributed by atoms with van der Waals surface area (Å²) in [5.41, 5.74) is 2.39. The Bertz CT molecular complexity index is 934. The third-order valence-electron chi connectivity index (χ3n) is 5.95. The molecule has 0 bridgehead atoms. The second-order valence-electron chi connectivity index (χ2n) is 8.22. The summed E-state index contributed by atoms with van der Waals surface area (Å²) in [4.78, 5) is 3.97. The predicted molar refractivity (Wildman–Crippen MR) is 117 cm³/mol. The molecule has 4 rings (SSSR count). The number of nitrogens with one attached hydrogen (secondary N) is 1. The molecule has 1 saturated heterocycles. The van der Waals surface area contributed by atoms with E-state index in [1.165, 1.54) is 11.3 Å². The minimum Gasteiger partial charge on any atom is -0.495 e. The molecule has 0 unspecified atom stereocenters. The minimum absolute atomic E-state index is 0.267. The van der Waals surface area contributed by atoms with E-state index in [9.17, 15) is 0 Å². The summed E-state index contributed by atoms with van der Waals surface area (Å²) in [6.07, 6.45) is 0. The fourth-order valence-electron chi connectivity index (χ4n) is 4.49. The van der Waals surface area contributed by atoms with Crippen molar-refractivity contribution in [1.29, 1.82) is 0 Å². The van der Waals surface area contributed by atoms with Crippen LogP contribution in [0.25, 0.3) is 0 Å². The molecule has 3 aromatic rings. The Morgan fingerprint density at radius 3 is 2.40 bits per heavy atom. The average molecular weight is 408 g/mol. The van der Waals surface area contributed by atoms with Crippen LogP contribution in [-0.4, -0.2) is 53.5 Å². The van der Waals surface area contributed by atoms with E-state index in [1.54, 1.807) is 12.0 Å². The van der Waals surface area contributed by atoms with E-state index in [-0.39, 0.29) is 6.04 Å². The van der Waals surface area contributed by atoms with Gasteiger partial charge in [0, 0.05) is 5.92 Å². The number of para-hydroxylation sites is 2. The lowest BCUT2D eigenvalue weighted by Crippen LogP contribution is -3.15. The monoisotopic (exact) mass is 407 g/mol. The summed E-state index contributed by atoms with van der Waals surface area (Å²) in [5, 5.41) is 12.8. The Labute approximate surface area is 178 Å². The van der Waals surface area contributed by atoms with E-state index in [2.05, 4.69) is 70.7 Å². The molecule has 1 aromatic heterocycles. The molecule has 30 heavy (non-hydrogen) atoms. The van der Waals surface area contributed by atoms with Crippen LogP contribution in [0.5, 0.6) is 5.75 Å². The zero-order valence-electron chi connectivity index (χ0n) is 18.0. The average Bonchev–Trinajstić information content (AvgIpc) is 3.22. The maximum absolute atomic E-state index is 5.56. The molecule has 0 amide bonds. The number of benzene rings is 2. The van der Waals surface area contributed by atoms with Crippen LogP contribution in [0.1, 0.15) is 31.3 Å². The molecule has 1 fully saturated rings. The summed E-state index contributed by atoms with van der Waals surface area (Å²) >= 11 is 0. The van der Waals surface area contributed by atoms with Crippen molar-refractivity contribution in [3.05, 3.63) is 66.0 Å². The van der Waals surface area contributed by atoms with Crippen molar-refractivity contribution in [2.75, 3.05) is 38.2 Å². The van der Waals surface area contributed by atoms with Gasteiger partial charge in [0.25, 0.3) is 0 Å². The van der Waals surface area contributed by atoms with Gasteiger partial charge in [0.2, 0.25) is 5.82 Å². The lowest BCUT2D eigenvalue weighted by molar-refractivity contribution is -0.937. The van der Waals surface area contributed by atoms with Gasteiger partial charge < -0.3 is 14.5 Å². The highest BCUT2D eigenvalue weighted by Crippen LogP contribution is 2.27. The van der Waals surface area contributed by atoms with Gasteiger partial charge in [-0.3, -0.25) is 0 Å². The van der Waals surface area contributed by atoms with Crippen LogP contribution in [0.2, 0.25) is 0 Å². The third-order valence-corrected chi connectivity index (χ3v) is 5.95. The molecule has 7 nitrogen and oxygen atoms in total. The zero-order valence-corrected chi connectivity index (χ0v) is 18.0. The Balaban J connectivity index is 1.50. The summed E-state index contributed by atoms with van der Waals surface area (Å²) in [5.74, 6) is 2.36. The number of anilines is 1. The van der Waals surface area contributed by atoms with Crippen molar-refractivity contribution in [2.24, 2.45) is 5.92 Å². The fraction of sp³-hybridized carbons (Fsp3) is 0.435. The first-order chi connectivity index (χ1) is 14.7. The molecule has 0 saturated carbocycles. The van der Waals surface area contributed by atoms with Gasteiger partial charge in [-0.15, -0.1) is 5.10 Å². The molecule has 2 aromatic carbocycles. The Hall–Kier alpha value is -2.93. The number of aromatic nitrogens is 4. The molecule has 0 aliphatic carbocycles. The van der Waals surface area contributed by atoms with Crippen molar-refractivity contribution < 1.29 is 9.64 Å². The summed E-state index contributed by atoms with van der Waals surface area (Å²) in [7, 11) is 1.74. The Morgan fingerprint density at radius 2 is 1.70 bits per heavy atom. The van der Waals surface area contributed by atoms with Crippen molar-refractivity contribution in [3.8, 4) is 5.75 Å². The maximum atomic E-state index is 5.56. The quantitative estimate of drug-likeness (QED) is 0.648. The number of tetrazole rings is 1. The summed E-state index contributed by atoms with van der Waals surface area (Å²) in [6, 6.07) is 18.9. The first-order valence-electron chi connectivity index (χ1n) is 10.7. The molecule has 1 N–H and O–H groups in total. The van der Waals surface area contributed by atoms with E-state index >= 15 is 0 Å². The molecule has 2 heterocycles. The van der Waals surface area contributed by atoms with Crippen LogP contribution in [0.3, 0.4) is 0 Å². The van der Waals surface area contributed by atoms with Gasteiger partial charge in [-0.25, -0.2) is 4.68 Å². The van der Waals surface area contributed by atoms with E-state index in [0.29, 0.717) is 12.5 Å². The van der Waals surface area contributed by atoms with E-state index < -0.39 is 0 Å². The van der Waals surface area contributed by atoms with Gasteiger partial charge in [0.15, 0.2) is 6.04 Å². The van der Waals surface area contributed by atoms with Crippen LogP contribution >= 0.6 is 0 Å². The summed E-state index contributed by atoms with van der Waals surface area (Å²) in [6.45, 7) is 9.29. The largest absolute Gasteiger partial charge is 0.495 e. The van der Waals surface area contributed by atoms with Gasteiger partial charge in [-0.2, -0.15) is 0 Å². The molecule has 0 spiro atoms. The lowest BCUT2D eigenvalue weighted by Gasteiger charge is -2.38. The third kappa shape index (κ3) is 4.31. The van der Waals surface area contributed by atoms with Gasteiger partial charge in [-0.1, -0.05) is 56.3 Å². The summed E-state index contributed by atoms with van der Waals surface area (Å²) < 4.78 is 7.54. The molecular weight excluding hydrogens is 376 g/mol. The molecule has 158 valence electrons.